The Morgan fingerprint density at radius 1 is 0.627 bits per heavy atom. The average Bonchev–Trinajstić information content (AvgIpc) is 3.18. The molecule has 0 saturated heterocycles. The highest BCUT2D eigenvalue weighted by molar-refractivity contribution is 7.93. The molecule has 0 aliphatic carbocycles. The fourth-order valence-electron chi connectivity index (χ4n) is 5.89. The third kappa shape index (κ3) is 8.86. The van der Waals surface area contributed by atoms with Gasteiger partial charge in [-0.1, -0.05) is 111 Å². The van der Waals surface area contributed by atoms with Crippen LogP contribution >= 0.6 is 7.14 Å². The summed E-state index contributed by atoms with van der Waals surface area (Å²) in [6.07, 6.45) is 5.14. The van der Waals surface area contributed by atoms with Crippen molar-refractivity contribution in [3.05, 3.63) is 150 Å². The van der Waals surface area contributed by atoms with Crippen molar-refractivity contribution < 1.29 is 23.8 Å². The SMILES string of the molecule is CCCCCC/C(=N\OC(C)=O)C(=O)c1ccc(N(c2ccc(CC)cc2)c2ccc(C(=O)P(=O)(c3ccccc3)c3ccccc3)cc2)cc1. The number of carbonyl (C=O) groups excluding carboxylic acids is 3. The lowest BCUT2D eigenvalue weighted by Gasteiger charge is -2.26. The molecular weight excluding hydrogens is 655 g/mol. The summed E-state index contributed by atoms with van der Waals surface area (Å²) < 4.78 is 14.7. The first-order valence-electron chi connectivity index (χ1n) is 17.4. The molecule has 8 heteroatoms. The minimum atomic E-state index is -3.67. The number of hydrogen-bond donors (Lipinski definition) is 0. The lowest BCUT2D eigenvalue weighted by Crippen LogP contribution is -2.22. The molecule has 0 heterocycles. The summed E-state index contributed by atoms with van der Waals surface area (Å²) in [6, 6.07) is 40.4. The van der Waals surface area contributed by atoms with Gasteiger partial charge >= 0.3 is 5.97 Å². The van der Waals surface area contributed by atoms with E-state index in [1.54, 1.807) is 72.8 Å². The Bertz CT molecular complexity index is 1960. The second kappa shape index (κ2) is 17.5. The van der Waals surface area contributed by atoms with Gasteiger partial charge in [-0.15, -0.1) is 0 Å². The van der Waals surface area contributed by atoms with Crippen LogP contribution in [0.5, 0.6) is 0 Å². The van der Waals surface area contributed by atoms with Crippen LogP contribution in [0.2, 0.25) is 0 Å². The number of rotatable bonds is 16. The maximum Gasteiger partial charge on any atom is 0.331 e. The van der Waals surface area contributed by atoms with Crippen LogP contribution in [0.1, 0.15) is 79.2 Å². The molecule has 0 aliphatic rings. The summed E-state index contributed by atoms with van der Waals surface area (Å²) >= 11 is 0. The molecule has 0 fully saturated rings. The van der Waals surface area contributed by atoms with E-state index in [2.05, 4.69) is 31.1 Å². The first-order valence-corrected chi connectivity index (χ1v) is 19.1. The van der Waals surface area contributed by atoms with Gasteiger partial charge in [-0.05, 0) is 85.5 Å². The Morgan fingerprint density at radius 2 is 1.12 bits per heavy atom. The minimum absolute atomic E-state index is 0.213. The summed E-state index contributed by atoms with van der Waals surface area (Å²) in [7, 11) is -3.67. The van der Waals surface area contributed by atoms with Crippen LogP contribution in [0.3, 0.4) is 0 Å². The molecule has 0 aliphatic heterocycles. The molecule has 0 unspecified atom stereocenters. The van der Waals surface area contributed by atoms with E-state index in [9.17, 15) is 18.9 Å². The van der Waals surface area contributed by atoms with Gasteiger partial charge in [0.1, 0.15) is 5.71 Å². The molecule has 260 valence electrons. The van der Waals surface area contributed by atoms with Gasteiger partial charge in [-0.2, -0.15) is 0 Å². The molecule has 5 aromatic rings. The van der Waals surface area contributed by atoms with Crippen molar-refractivity contribution in [2.24, 2.45) is 5.16 Å². The summed E-state index contributed by atoms with van der Waals surface area (Å²) in [6.45, 7) is 5.48. The maximum atomic E-state index is 14.7. The van der Waals surface area contributed by atoms with Gasteiger partial charge in [0.2, 0.25) is 18.4 Å². The van der Waals surface area contributed by atoms with Crippen LogP contribution in [0.15, 0.2) is 139 Å². The van der Waals surface area contributed by atoms with Crippen molar-refractivity contribution in [1.82, 2.24) is 0 Å². The van der Waals surface area contributed by atoms with Crippen LogP contribution in [0.4, 0.5) is 17.1 Å². The normalized spacial score (nSPS) is 11.5. The number of nitrogens with zero attached hydrogens (tertiary/aromatic N) is 2. The van der Waals surface area contributed by atoms with Crippen molar-refractivity contribution in [2.45, 2.75) is 59.3 Å². The number of ketones is 1. The van der Waals surface area contributed by atoms with Crippen molar-refractivity contribution in [2.75, 3.05) is 4.90 Å². The van der Waals surface area contributed by atoms with E-state index in [4.69, 9.17) is 4.84 Å². The third-order valence-electron chi connectivity index (χ3n) is 8.70. The van der Waals surface area contributed by atoms with E-state index in [-0.39, 0.29) is 11.5 Å². The Kier molecular flexibility index (Phi) is 12.7. The number of carbonyl (C=O) groups is 3. The van der Waals surface area contributed by atoms with E-state index >= 15 is 0 Å². The number of benzene rings is 5. The number of anilines is 3. The molecule has 51 heavy (non-hydrogen) atoms. The fourth-order valence-corrected chi connectivity index (χ4v) is 8.35. The Labute approximate surface area is 300 Å². The van der Waals surface area contributed by atoms with Crippen LogP contribution < -0.4 is 15.5 Å². The molecule has 5 rings (SSSR count). The summed E-state index contributed by atoms with van der Waals surface area (Å²) in [4.78, 5) is 46.0. The van der Waals surface area contributed by atoms with Crippen LogP contribution in [-0.4, -0.2) is 23.0 Å². The van der Waals surface area contributed by atoms with Gasteiger partial charge in [-0.25, -0.2) is 4.79 Å². The summed E-state index contributed by atoms with van der Waals surface area (Å²) in [5.41, 5.74) is 4.19. The smallest absolute Gasteiger partial charge is 0.318 e. The van der Waals surface area contributed by atoms with Crippen molar-refractivity contribution in [3.63, 3.8) is 0 Å². The molecule has 0 N–H and O–H groups in total. The van der Waals surface area contributed by atoms with Gasteiger partial charge in [0.05, 0.1) is 0 Å². The fraction of sp³-hybridized carbons (Fsp3) is 0.209. The number of unbranched alkanes of at least 4 members (excludes halogenated alkanes) is 3. The van der Waals surface area contributed by atoms with E-state index in [0.717, 1.165) is 49.2 Å². The number of hydrogen-bond acceptors (Lipinski definition) is 7. The Hall–Kier alpha value is -5.39. The number of aryl methyl sites for hydroxylation is 1. The van der Waals surface area contributed by atoms with Gasteiger partial charge in [0.25, 0.3) is 0 Å². The molecule has 7 nitrogen and oxygen atoms in total. The van der Waals surface area contributed by atoms with Gasteiger partial charge < -0.3 is 14.3 Å². The van der Waals surface area contributed by atoms with E-state index in [1.165, 1.54) is 12.5 Å². The van der Waals surface area contributed by atoms with Crippen LogP contribution in [0, 0.1) is 0 Å². The van der Waals surface area contributed by atoms with Gasteiger partial charge in [-0.3, -0.25) is 9.59 Å². The zero-order chi connectivity index (χ0) is 36.2. The predicted molar refractivity (Wildman–Crippen MR) is 207 cm³/mol. The van der Waals surface area contributed by atoms with Gasteiger partial charge in [0, 0.05) is 45.7 Å². The van der Waals surface area contributed by atoms with Crippen molar-refractivity contribution >= 4 is 57.8 Å². The topological polar surface area (TPSA) is 93.1 Å². The lowest BCUT2D eigenvalue weighted by atomic mass is 10.0. The summed E-state index contributed by atoms with van der Waals surface area (Å²) in [5, 5.41) is 4.88. The number of Topliss-reactive ketones (excluding diaryl/α,β-unsaturated/α-hetero) is 1. The molecule has 0 aromatic heterocycles. The highest BCUT2D eigenvalue weighted by Crippen LogP contribution is 2.47. The van der Waals surface area contributed by atoms with Crippen molar-refractivity contribution in [3.8, 4) is 0 Å². The Morgan fingerprint density at radius 3 is 1.59 bits per heavy atom. The largest absolute Gasteiger partial charge is 0.331 e. The minimum Gasteiger partial charge on any atom is -0.318 e. The molecule has 5 aromatic carbocycles. The van der Waals surface area contributed by atoms with Crippen molar-refractivity contribution in [1.29, 1.82) is 0 Å². The molecule has 0 spiro atoms. The van der Waals surface area contributed by atoms with Crippen LogP contribution in [-0.2, 0) is 20.6 Å². The molecule has 0 saturated carbocycles. The second-order valence-corrected chi connectivity index (χ2v) is 15.0. The zero-order valence-electron chi connectivity index (χ0n) is 29.3. The van der Waals surface area contributed by atoms with E-state index in [0.29, 0.717) is 28.2 Å². The number of oxime groups is 1. The lowest BCUT2D eigenvalue weighted by molar-refractivity contribution is -0.140. The third-order valence-corrected chi connectivity index (χ3v) is 11.6. The van der Waals surface area contributed by atoms with Gasteiger partial charge in [0.15, 0.2) is 0 Å². The first kappa shape index (κ1) is 36.9. The van der Waals surface area contributed by atoms with Crippen LogP contribution in [0.25, 0.3) is 0 Å². The van der Waals surface area contributed by atoms with E-state index in [1.807, 2.05) is 53.4 Å². The zero-order valence-corrected chi connectivity index (χ0v) is 30.2. The second-order valence-electron chi connectivity index (χ2n) is 12.3. The highest BCUT2D eigenvalue weighted by Gasteiger charge is 2.36. The monoisotopic (exact) mass is 698 g/mol. The molecule has 0 radical (unpaired) electrons. The first-order chi connectivity index (χ1) is 24.8. The highest BCUT2D eigenvalue weighted by atomic mass is 31.2. The molecule has 0 atom stereocenters. The Balaban J connectivity index is 1.48. The predicted octanol–water partition coefficient (Wildman–Crippen LogP) is 9.95. The van der Waals surface area contributed by atoms with E-state index < -0.39 is 18.6 Å². The standard InChI is InChI=1S/C43H43N2O5P/c1-4-6-7-14-19-41(44-50-32(3)46)42(47)34-22-28-37(29-23-34)45(36-26-20-33(5-2)21-27-36)38-30-24-35(25-31-38)43(48)51(49,39-15-10-8-11-16-39)40-17-12-9-13-18-40/h8-13,15-18,20-31H,4-7,14,19H2,1-3H3/b44-41+. The quantitative estimate of drug-likeness (QED) is 0.0254. The molecule has 0 amide bonds. The maximum absolute atomic E-state index is 14.7. The molecular formula is C43H43N2O5P. The summed E-state index contributed by atoms with van der Waals surface area (Å²) in [5.74, 6) is -0.869. The average molecular weight is 699 g/mol. The molecule has 0 bridgehead atoms.